The number of likely N-dealkylation sites (N-methyl/N-ethyl adjacent to an activating group) is 1. The average Bonchev–Trinajstić information content (AvgIpc) is 2.29. The number of rotatable bonds is 6. The Morgan fingerprint density at radius 1 is 1.41 bits per heavy atom. The second kappa shape index (κ2) is 6.98. The van der Waals surface area contributed by atoms with E-state index in [0.717, 1.165) is 12.8 Å². The molecule has 0 aliphatic carbocycles. The van der Waals surface area contributed by atoms with Crippen LogP contribution in [0.25, 0.3) is 0 Å². The topological polar surface area (TPSA) is 12.0 Å². The van der Waals surface area contributed by atoms with Crippen molar-refractivity contribution in [3.63, 3.8) is 0 Å². The monoisotopic (exact) mass is 287 g/mol. The third kappa shape index (κ3) is 5.60. The predicted molar refractivity (Wildman–Crippen MR) is 85.5 cm³/mol. The summed E-state index contributed by atoms with van der Waals surface area (Å²) in [5.74, 6) is 0. The van der Waals surface area contributed by atoms with Crippen LogP contribution in [0.4, 0.5) is 0 Å². The van der Waals surface area contributed by atoms with Crippen LogP contribution in [0.3, 0.4) is 0 Å². The normalized spacial score (nSPS) is 13.7. The van der Waals surface area contributed by atoms with Gasteiger partial charge in [-0.25, -0.2) is 0 Å². The van der Waals surface area contributed by atoms with Gasteiger partial charge in [-0.2, -0.15) is 25.3 Å². The maximum atomic E-state index is 4.54. The third-order valence-electron chi connectivity index (χ3n) is 2.68. The lowest BCUT2D eigenvalue weighted by Crippen LogP contribution is -2.23. The second-order valence-electron chi connectivity index (χ2n) is 4.24. The van der Waals surface area contributed by atoms with Crippen molar-refractivity contribution < 1.29 is 0 Å². The Morgan fingerprint density at radius 2 is 2.12 bits per heavy atom. The minimum Gasteiger partial charge on any atom is -0.317 e. The summed E-state index contributed by atoms with van der Waals surface area (Å²) in [7, 11) is 1.99. The van der Waals surface area contributed by atoms with Gasteiger partial charge >= 0.3 is 0 Å². The van der Waals surface area contributed by atoms with E-state index in [1.807, 2.05) is 7.05 Å². The molecule has 0 spiro atoms. The molecule has 1 aromatic carbocycles. The van der Waals surface area contributed by atoms with Crippen LogP contribution in [0.1, 0.15) is 25.8 Å². The van der Waals surface area contributed by atoms with Gasteiger partial charge in [0.2, 0.25) is 0 Å². The Labute approximate surface area is 120 Å². The van der Waals surface area contributed by atoms with Crippen LogP contribution >= 0.6 is 37.0 Å². The molecule has 0 radical (unpaired) electrons. The van der Waals surface area contributed by atoms with E-state index in [0.29, 0.717) is 6.04 Å². The van der Waals surface area contributed by atoms with Crippen molar-refractivity contribution in [1.82, 2.24) is 5.32 Å². The molecule has 0 heterocycles. The van der Waals surface area contributed by atoms with Gasteiger partial charge in [0.25, 0.3) is 0 Å². The lowest BCUT2D eigenvalue weighted by molar-refractivity contribution is 0.608. The van der Waals surface area contributed by atoms with Crippen LogP contribution in [0, 0.1) is 0 Å². The van der Waals surface area contributed by atoms with Gasteiger partial charge in [0, 0.05) is 10.9 Å². The van der Waals surface area contributed by atoms with Crippen LogP contribution in [0.5, 0.6) is 0 Å². The Hall–Kier alpha value is 0.230. The summed E-state index contributed by atoms with van der Waals surface area (Å²) in [4.78, 5) is 1.23. The number of benzene rings is 1. The lowest BCUT2D eigenvalue weighted by Gasteiger charge is -2.20. The van der Waals surface area contributed by atoms with Crippen molar-refractivity contribution in [1.29, 1.82) is 0 Å². The minimum atomic E-state index is -0.284. The van der Waals surface area contributed by atoms with Crippen LogP contribution in [-0.4, -0.2) is 16.5 Å². The van der Waals surface area contributed by atoms with Crippen LogP contribution in [0.15, 0.2) is 29.2 Å². The predicted octanol–water partition coefficient (Wildman–Crippen LogP) is 3.85. The summed E-state index contributed by atoms with van der Waals surface area (Å²) in [6.07, 6.45) is 1.96. The largest absolute Gasteiger partial charge is 0.317 e. The van der Waals surface area contributed by atoms with Crippen molar-refractivity contribution in [2.24, 2.45) is 0 Å². The van der Waals surface area contributed by atoms with E-state index in [-0.39, 0.29) is 3.41 Å². The number of nitrogens with one attached hydrogen (secondary N) is 1. The number of hydrogen-bond acceptors (Lipinski definition) is 4. The first kappa shape index (κ1) is 15.3. The molecule has 1 N–H and O–H groups in total. The number of hydrogen-bond donors (Lipinski definition) is 3. The molecule has 0 aromatic heterocycles. The van der Waals surface area contributed by atoms with Gasteiger partial charge in [-0.1, -0.05) is 30.8 Å². The van der Waals surface area contributed by atoms with Crippen LogP contribution in [-0.2, 0) is 6.42 Å². The zero-order chi connectivity index (χ0) is 12.9. The van der Waals surface area contributed by atoms with E-state index in [1.54, 1.807) is 11.8 Å². The van der Waals surface area contributed by atoms with E-state index >= 15 is 0 Å². The summed E-state index contributed by atoms with van der Waals surface area (Å²) < 4.78 is -0.284. The quantitative estimate of drug-likeness (QED) is 0.417. The Balaban J connectivity index is 2.72. The molecule has 1 nitrogen and oxygen atoms in total. The summed E-state index contributed by atoms with van der Waals surface area (Å²) >= 11 is 10.8. The van der Waals surface area contributed by atoms with E-state index in [4.69, 9.17) is 0 Å². The lowest BCUT2D eigenvalue weighted by atomic mass is 10.1. The molecule has 96 valence electrons. The van der Waals surface area contributed by atoms with Crippen molar-refractivity contribution in [2.45, 2.75) is 41.0 Å². The molecule has 0 aliphatic rings. The number of thioether (sulfide) groups is 1. The maximum Gasteiger partial charge on any atom is 0.105 e. The fourth-order valence-corrected chi connectivity index (χ4v) is 2.96. The molecular weight excluding hydrogens is 266 g/mol. The molecule has 0 fully saturated rings. The summed E-state index contributed by atoms with van der Waals surface area (Å²) in [6.45, 7) is 4.29. The highest BCUT2D eigenvalue weighted by molar-refractivity contribution is 8.24. The zero-order valence-electron chi connectivity index (χ0n) is 10.6. The molecule has 4 heteroatoms. The van der Waals surface area contributed by atoms with Crippen molar-refractivity contribution in [2.75, 3.05) is 7.05 Å². The Morgan fingerprint density at radius 3 is 2.71 bits per heavy atom. The molecule has 1 rings (SSSR count). The first-order valence-corrected chi connectivity index (χ1v) is 7.58. The number of thiol groups is 2. The highest BCUT2D eigenvalue weighted by Crippen LogP contribution is 2.41. The van der Waals surface area contributed by atoms with E-state index < -0.39 is 0 Å². The van der Waals surface area contributed by atoms with Gasteiger partial charge in [-0.15, -0.1) is 0 Å². The van der Waals surface area contributed by atoms with Crippen molar-refractivity contribution >= 4 is 37.0 Å². The molecular formula is C13H21NS3. The molecule has 17 heavy (non-hydrogen) atoms. The summed E-state index contributed by atoms with van der Waals surface area (Å²) in [5, 5.41) is 3.26. The standard InChI is InChI=1S/C13H21NS3/c1-4-13(15,16)17-12-7-5-6-11(9-12)8-10(2)14-3/h5-7,9-10,14-16H,4,8H2,1-3H3. The van der Waals surface area contributed by atoms with E-state index in [9.17, 15) is 0 Å². The molecule has 0 aliphatic heterocycles. The molecule has 1 aromatic rings. The highest BCUT2D eigenvalue weighted by Gasteiger charge is 2.19. The zero-order valence-corrected chi connectivity index (χ0v) is 13.2. The fourth-order valence-electron chi connectivity index (χ4n) is 1.45. The average molecular weight is 288 g/mol. The molecule has 0 saturated heterocycles. The SMILES string of the molecule is CCC(S)(S)Sc1cccc(CC(C)NC)c1. The molecule has 1 unspecified atom stereocenters. The first-order valence-electron chi connectivity index (χ1n) is 5.87. The maximum absolute atomic E-state index is 4.54. The van der Waals surface area contributed by atoms with Gasteiger partial charge in [0.1, 0.15) is 3.41 Å². The van der Waals surface area contributed by atoms with Crippen LogP contribution < -0.4 is 5.32 Å². The van der Waals surface area contributed by atoms with E-state index in [2.05, 4.69) is 68.7 Å². The molecule has 0 bridgehead atoms. The summed E-state index contributed by atoms with van der Waals surface area (Å²) in [5.41, 5.74) is 1.35. The second-order valence-corrected chi connectivity index (χ2v) is 8.10. The van der Waals surface area contributed by atoms with Crippen molar-refractivity contribution in [3.8, 4) is 0 Å². The van der Waals surface area contributed by atoms with Gasteiger partial charge in [-0.05, 0) is 44.5 Å². The van der Waals surface area contributed by atoms with Gasteiger partial charge in [0.15, 0.2) is 0 Å². The summed E-state index contributed by atoms with van der Waals surface area (Å²) in [6, 6.07) is 9.12. The fraction of sp³-hybridized carbons (Fsp3) is 0.538. The molecule has 1 atom stereocenters. The van der Waals surface area contributed by atoms with Crippen LogP contribution in [0.2, 0.25) is 0 Å². The Bertz CT molecular complexity index is 352. The molecule has 0 amide bonds. The highest BCUT2D eigenvalue weighted by atomic mass is 32.2. The van der Waals surface area contributed by atoms with Gasteiger partial charge in [0.05, 0.1) is 0 Å². The smallest absolute Gasteiger partial charge is 0.105 e. The minimum absolute atomic E-state index is 0.284. The third-order valence-corrected chi connectivity index (χ3v) is 4.96. The Kier molecular flexibility index (Phi) is 6.27. The van der Waals surface area contributed by atoms with E-state index in [1.165, 1.54) is 10.5 Å². The first-order chi connectivity index (χ1) is 7.96. The molecule has 0 saturated carbocycles. The van der Waals surface area contributed by atoms with Gasteiger partial charge < -0.3 is 5.32 Å². The van der Waals surface area contributed by atoms with Gasteiger partial charge in [-0.3, -0.25) is 0 Å². The van der Waals surface area contributed by atoms with Crippen molar-refractivity contribution in [3.05, 3.63) is 29.8 Å².